The van der Waals surface area contributed by atoms with Crippen molar-refractivity contribution in [2.75, 3.05) is 31.9 Å². The van der Waals surface area contributed by atoms with Crippen LogP contribution in [0.5, 0.6) is 0 Å². The van der Waals surface area contributed by atoms with E-state index in [1.54, 1.807) is 22.4 Å². The van der Waals surface area contributed by atoms with Gasteiger partial charge in [0.25, 0.3) is 0 Å². The number of thiazole rings is 1. The van der Waals surface area contributed by atoms with Gasteiger partial charge < -0.3 is 29.6 Å². The van der Waals surface area contributed by atoms with Crippen LogP contribution in [0.4, 0.5) is 15.4 Å². The number of rotatable bonds is 11. The highest BCUT2D eigenvalue weighted by Crippen LogP contribution is 2.41. The van der Waals surface area contributed by atoms with Gasteiger partial charge in [0.2, 0.25) is 0 Å². The summed E-state index contributed by atoms with van der Waals surface area (Å²) in [6, 6.07) is 0.202. The van der Waals surface area contributed by atoms with Gasteiger partial charge >= 0.3 is 12.2 Å². The quantitative estimate of drug-likeness (QED) is 0.209. The Morgan fingerprint density at radius 2 is 1.70 bits per heavy atom. The van der Waals surface area contributed by atoms with Crippen molar-refractivity contribution in [1.82, 2.24) is 29.3 Å². The van der Waals surface area contributed by atoms with Crippen molar-refractivity contribution < 1.29 is 19.1 Å². The van der Waals surface area contributed by atoms with Crippen molar-refractivity contribution in [3.05, 3.63) is 35.8 Å². The smallest absolute Gasteiger partial charge is 0.410 e. The monoisotopic (exact) mass is 653 g/mol. The summed E-state index contributed by atoms with van der Waals surface area (Å²) in [5, 5.41) is 3.67. The zero-order valence-electron chi connectivity index (χ0n) is 28.7. The van der Waals surface area contributed by atoms with Gasteiger partial charge in [-0.1, -0.05) is 11.6 Å². The standard InChI is InChI=1S/C34H51N7O4S/c1-9-23(2)13-17-39(31(42)44-33(3,4)5)15-10-16-40(32(43)45-34(6,7)8)20-24-11-12-25(19-24)41-21-26(30-36-14-18-46-30)27-28(35)37-22-38-29(27)41/h9,14,18,21-22,24-25H,10-13,15-17,19-20H2,1-8H3,(H2,35,37,38)/b23-9+. The molecule has 3 heterocycles. The number of amides is 2. The minimum atomic E-state index is -0.615. The number of nitrogens with zero attached hydrogens (tertiary/aromatic N) is 6. The molecule has 1 saturated carbocycles. The molecule has 11 nitrogen and oxygen atoms in total. The summed E-state index contributed by atoms with van der Waals surface area (Å²) < 4.78 is 13.8. The molecule has 0 spiro atoms. The highest BCUT2D eigenvalue weighted by atomic mass is 32.1. The highest BCUT2D eigenvalue weighted by Gasteiger charge is 2.32. The minimum absolute atomic E-state index is 0.202. The second kappa shape index (κ2) is 14.8. The molecule has 0 bridgehead atoms. The lowest BCUT2D eigenvalue weighted by molar-refractivity contribution is 0.0186. The molecule has 3 aromatic heterocycles. The Kier molecular flexibility index (Phi) is 11.3. The van der Waals surface area contributed by atoms with E-state index in [0.717, 1.165) is 47.3 Å². The molecule has 0 aliphatic heterocycles. The van der Waals surface area contributed by atoms with Crippen LogP contribution < -0.4 is 5.73 Å². The zero-order valence-corrected chi connectivity index (χ0v) is 29.5. The molecule has 2 N–H and O–H groups in total. The fourth-order valence-corrected chi connectivity index (χ4v) is 6.45. The summed E-state index contributed by atoms with van der Waals surface area (Å²) in [4.78, 5) is 43.4. The maximum absolute atomic E-state index is 13.4. The van der Waals surface area contributed by atoms with Gasteiger partial charge in [-0.3, -0.25) is 0 Å². The molecule has 3 aromatic rings. The van der Waals surface area contributed by atoms with Crippen molar-refractivity contribution in [2.24, 2.45) is 5.92 Å². The Morgan fingerprint density at radius 1 is 1.02 bits per heavy atom. The van der Waals surface area contributed by atoms with Gasteiger partial charge in [-0.05, 0) is 93.4 Å². The number of nitrogen functional groups attached to an aromatic ring is 1. The summed E-state index contributed by atoms with van der Waals surface area (Å²) >= 11 is 1.56. The lowest BCUT2D eigenvalue weighted by atomic mass is 10.1. The molecule has 1 fully saturated rings. The normalized spacial score (nSPS) is 17.3. The Hall–Kier alpha value is -3.67. The number of fused-ring (bicyclic) bond motifs is 1. The maximum atomic E-state index is 13.4. The number of aromatic nitrogens is 4. The topological polar surface area (TPSA) is 129 Å². The average molecular weight is 654 g/mol. The highest BCUT2D eigenvalue weighted by molar-refractivity contribution is 7.13. The van der Waals surface area contributed by atoms with E-state index in [1.165, 1.54) is 11.9 Å². The predicted octanol–water partition coefficient (Wildman–Crippen LogP) is 7.70. The fourth-order valence-electron chi connectivity index (χ4n) is 5.80. The molecule has 4 rings (SSSR count). The van der Waals surface area contributed by atoms with Crippen LogP contribution in [0.25, 0.3) is 21.6 Å². The number of hydrogen-bond donors (Lipinski definition) is 1. The zero-order chi connectivity index (χ0) is 33.6. The first-order valence-corrected chi connectivity index (χ1v) is 17.1. The van der Waals surface area contributed by atoms with Crippen LogP contribution in [0.1, 0.15) is 93.5 Å². The van der Waals surface area contributed by atoms with E-state index in [-0.39, 0.29) is 24.1 Å². The molecule has 0 saturated heterocycles. The van der Waals surface area contributed by atoms with Gasteiger partial charge in [0.15, 0.2) is 0 Å². The van der Waals surface area contributed by atoms with Crippen LogP contribution >= 0.6 is 11.3 Å². The predicted molar refractivity (Wildman–Crippen MR) is 184 cm³/mol. The summed E-state index contributed by atoms with van der Waals surface area (Å²) in [6.07, 6.45) is 11.0. The molecule has 46 heavy (non-hydrogen) atoms. The Bertz CT molecular complexity index is 1500. The molecule has 1 aliphatic rings. The average Bonchev–Trinajstić information content (AvgIpc) is 3.72. The van der Waals surface area contributed by atoms with Gasteiger partial charge in [-0.15, -0.1) is 11.3 Å². The van der Waals surface area contributed by atoms with Crippen molar-refractivity contribution in [3.63, 3.8) is 0 Å². The van der Waals surface area contributed by atoms with E-state index in [0.29, 0.717) is 38.4 Å². The van der Waals surface area contributed by atoms with E-state index >= 15 is 0 Å². The Balaban J connectivity index is 1.47. The summed E-state index contributed by atoms with van der Waals surface area (Å²) in [5.74, 6) is 0.720. The third-order valence-electron chi connectivity index (χ3n) is 8.12. The van der Waals surface area contributed by atoms with Crippen LogP contribution in [0, 0.1) is 5.92 Å². The third-order valence-corrected chi connectivity index (χ3v) is 8.92. The number of anilines is 1. The van der Waals surface area contributed by atoms with E-state index < -0.39 is 11.2 Å². The number of nitrogens with two attached hydrogens (primary N) is 1. The first-order valence-electron chi connectivity index (χ1n) is 16.2. The third kappa shape index (κ3) is 9.43. The molecule has 0 aromatic carbocycles. The SMILES string of the molecule is C/C=C(\C)CCN(CCCN(CC1CCC(n2cc(-c3nccs3)c3c(N)ncnc32)C1)C(=O)OC(C)(C)C)C(=O)OC(C)(C)C. The second-order valence-electron chi connectivity index (χ2n) is 14.2. The van der Waals surface area contributed by atoms with E-state index in [1.807, 2.05) is 58.7 Å². The van der Waals surface area contributed by atoms with Crippen LogP contribution in [-0.2, 0) is 9.47 Å². The molecule has 0 radical (unpaired) electrons. The summed E-state index contributed by atoms with van der Waals surface area (Å²) in [6.45, 7) is 17.4. The lowest BCUT2D eigenvalue weighted by Crippen LogP contribution is -2.42. The van der Waals surface area contributed by atoms with Crippen molar-refractivity contribution in [1.29, 1.82) is 0 Å². The Labute approximate surface area is 277 Å². The molecule has 1 aliphatic carbocycles. The van der Waals surface area contributed by atoms with Gasteiger partial charge in [0.1, 0.15) is 34.0 Å². The van der Waals surface area contributed by atoms with Gasteiger partial charge in [-0.2, -0.15) is 0 Å². The van der Waals surface area contributed by atoms with Crippen LogP contribution in [-0.4, -0.2) is 78.9 Å². The summed E-state index contributed by atoms with van der Waals surface area (Å²) in [7, 11) is 0. The van der Waals surface area contributed by atoms with Crippen molar-refractivity contribution in [2.45, 2.75) is 105 Å². The number of carbonyl (C=O) groups is 2. The molecule has 2 atom stereocenters. The largest absolute Gasteiger partial charge is 0.444 e. The second-order valence-corrected chi connectivity index (χ2v) is 15.1. The molecule has 12 heteroatoms. The van der Waals surface area contributed by atoms with Gasteiger partial charge in [0, 0.05) is 55.6 Å². The lowest BCUT2D eigenvalue weighted by Gasteiger charge is -2.31. The van der Waals surface area contributed by atoms with E-state index in [9.17, 15) is 9.59 Å². The molecule has 252 valence electrons. The molecule has 2 unspecified atom stereocenters. The Morgan fingerprint density at radius 3 is 2.33 bits per heavy atom. The van der Waals surface area contributed by atoms with E-state index in [4.69, 9.17) is 15.2 Å². The minimum Gasteiger partial charge on any atom is -0.444 e. The number of hydrogen-bond acceptors (Lipinski definition) is 9. The fraction of sp³-hybridized carbons (Fsp3) is 0.618. The van der Waals surface area contributed by atoms with Gasteiger partial charge in [-0.25, -0.2) is 24.5 Å². The molecule has 2 amide bonds. The van der Waals surface area contributed by atoms with Crippen LogP contribution in [0.3, 0.4) is 0 Å². The molecular weight excluding hydrogens is 602 g/mol. The summed E-state index contributed by atoms with van der Waals surface area (Å²) in [5.41, 5.74) is 8.09. The van der Waals surface area contributed by atoms with Crippen molar-refractivity contribution in [3.8, 4) is 10.6 Å². The van der Waals surface area contributed by atoms with Crippen LogP contribution in [0.15, 0.2) is 35.8 Å². The number of carbonyl (C=O) groups excluding carboxylic acids is 2. The molecular formula is C34H51N7O4S. The van der Waals surface area contributed by atoms with Crippen molar-refractivity contribution >= 4 is 40.4 Å². The van der Waals surface area contributed by atoms with Crippen LogP contribution in [0.2, 0.25) is 0 Å². The maximum Gasteiger partial charge on any atom is 0.410 e. The first kappa shape index (κ1) is 35.2. The van der Waals surface area contributed by atoms with E-state index in [2.05, 4.69) is 38.7 Å². The van der Waals surface area contributed by atoms with Gasteiger partial charge in [0.05, 0.1) is 5.39 Å². The number of allylic oxidation sites excluding steroid dienone is 1. The number of ether oxygens (including phenoxy) is 2. The first-order chi connectivity index (χ1) is 21.6.